The van der Waals surface area contributed by atoms with Crippen LogP contribution >= 0.6 is 0 Å². The molecular weight excluding hydrogens is 195 g/mol. The molecule has 15 heavy (non-hydrogen) atoms. The third-order valence-corrected chi connectivity index (χ3v) is 2.35. The van der Waals surface area contributed by atoms with Crippen molar-refractivity contribution in [3.05, 3.63) is 29.6 Å². The zero-order valence-electron chi connectivity index (χ0n) is 9.38. The summed E-state index contributed by atoms with van der Waals surface area (Å²) in [7, 11) is 1.45. The molecule has 0 heterocycles. The molecule has 0 aliphatic rings. The zero-order valence-corrected chi connectivity index (χ0v) is 9.38. The number of hydrogen-bond acceptors (Lipinski definition) is 2. The van der Waals surface area contributed by atoms with Gasteiger partial charge < -0.3 is 9.84 Å². The second kappa shape index (κ2) is 4.62. The standard InChI is InChI=1S/C12H17FO2/c1-12(2,8-14)7-9-5-4-6-10(13)11(9)15-3/h4-6,14H,7-8H2,1-3H3. The van der Waals surface area contributed by atoms with E-state index in [1.54, 1.807) is 6.07 Å². The molecule has 1 rings (SSSR count). The number of hydrogen-bond donors (Lipinski definition) is 1. The van der Waals surface area contributed by atoms with Crippen molar-refractivity contribution in [2.24, 2.45) is 5.41 Å². The average molecular weight is 212 g/mol. The predicted octanol–water partition coefficient (Wildman–Crippen LogP) is 2.40. The lowest BCUT2D eigenvalue weighted by Gasteiger charge is -2.22. The van der Waals surface area contributed by atoms with Crippen LogP contribution in [-0.2, 0) is 6.42 Å². The van der Waals surface area contributed by atoms with Gasteiger partial charge in [-0.15, -0.1) is 0 Å². The highest BCUT2D eigenvalue weighted by atomic mass is 19.1. The maximum absolute atomic E-state index is 13.3. The Kier molecular flexibility index (Phi) is 3.69. The zero-order chi connectivity index (χ0) is 11.5. The van der Waals surface area contributed by atoms with Crippen molar-refractivity contribution in [1.29, 1.82) is 0 Å². The number of rotatable bonds is 4. The van der Waals surface area contributed by atoms with Crippen LogP contribution in [-0.4, -0.2) is 18.8 Å². The highest BCUT2D eigenvalue weighted by Crippen LogP contribution is 2.29. The minimum atomic E-state index is -0.358. The predicted molar refractivity (Wildman–Crippen MR) is 57.5 cm³/mol. The monoisotopic (exact) mass is 212 g/mol. The smallest absolute Gasteiger partial charge is 0.165 e. The quantitative estimate of drug-likeness (QED) is 0.830. The Morgan fingerprint density at radius 1 is 1.40 bits per heavy atom. The van der Waals surface area contributed by atoms with Crippen molar-refractivity contribution in [2.45, 2.75) is 20.3 Å². The van der Waals surface area contributed by atoms with Crippen molar-refractivity contribution in [3.8, 4) is 5.75 Å². The number of aliphatic hydroxyl groups is 1. The lowest BCUT2D eigenvalue weighted by Crippen LogP contribution is -2.20. The molecule has 0 amide bonds. The van der Waals surface area contributed by atoms with E-state index in [1.807, 2.05) is 19.9 Å². The molecule has 1 N–H and O–H groups in total. The minimum Gasteiger partial charge on any atom is -0.493 e. The molecule has 0 aliphatic carbocycles. The normalized spacial score (nSPS) is 11.5. The van der Waals surface area contributed by atoms with E-state index in [-0.39, 0.29) is 23.6 Å². The summed E-state index contributed by atoms with van der Waals surface area (Å²) < 4.78 is 18.4. The van der Waals surface area contributed by atoms with Crippen LogP contribution in [0.1, 0.15) is 19.4 Å². The summed E-state index contributed by atoms with van der Waals surface area (Å²) in [6.07, 6.45) is 0.588. The third kappa shape index (κ3) is 2.93. The van der Waals surface area contributed by atoms with Gasteiger partial charge in [-0.25, -0.2) is 4.39 Å². The van der Waals surface area contributed by atoms with Gasteiger partial charge in [0.15, 0.2) is 11.6 Å². The van der Waals surface area contributed by atoms with Crippen LogP contribution in [0.25, 0.3) is 0 Å². The van der Waals surface area contributed by atoms with E-state index in [0.717, 1.165) is 5.56 Å². The molecule has 84 valence electrons. The Labute approximate surface area is 89.7 Å². The lowest BCUT2D eigenvalue weighted by atomic mass is 9.86. The van der Waals surface area contributed by atoms with E-state index in [9.17, 15) is 4.39 Å². The summed E-state index contributed by atoms with van der Waals surface area (Å²) in [5.41, 5.74) is 0.526. The topological polar surface area (TPSA) is 29.5 Å². The molecule has 0 atom stereocenters. The van der Waals surface area contributed by atoms with Crippen molar-refractivity contribution < 1.29 is 14.2 Å². The Balaban J connectivity index is 2.99. The van der Waals surface area contributed by atoms with Gasteiger partial charge in [-0.2, -0.15) is 0 Å². The molecule has 0 saturated heterocycles. The second-order valence-corrected chi connectivity index (χ2v) is 4.43. The van der Waals surface area contributed by atoms with Gasteiger partial charge in [0.05, 0.1) is 7.11 Å². The van der Waals surface area contributed by atoms with Crippen LogP contribution in [0.5, 0.6) is 5.75 Å². The summed E-state index contributed by atoms with van der Waals surface area (Å²) in [6.45, 7) is 3.92. The van der Waals surface area contributed by atoms with E-state index in [1.165, 1.54) is 13.2 Å². The lowest BCUT2D eigenvalue weighted by molar-refractivity contribution is 0.158. The van der Waals surface area contributed by atoms with E-state index in [4.69, 9.17) is 9.84 Å². The van der Waals surface area contributed by atoms with Gasteiger partial charge in [0.25, 0.3) is 0 Å². The molecular formula is C12H17FO2. The van der Waals surface area contributed by atoms with Gasteiger partial charge in [-0.1, -0.05) is 26.0 Å². The molecule has 0 fully saturated rings. The van der Waals surface area contributed by atoms with Crippen molar-refractivity contribution in [1.82, 2.24) is 0 Å². The Morgan fingerprint density at radius 3 is 2.60 bits per heavy atom. The first-order valence-electron chi connectivity index (χ1n) is 4.92. The van der Waals surface area contributed by atoms with Gasteiger partial charge >= 0.3 is 0 Å². The number of benzene rings is 1. The first-order valence-corrected chi connectivity index (χ1v) is 4.92. The minimum absolute atomic E-state index is 0.0622. The Morgan fingerprint density at radius 2 is 2.07 bits per heavy atom. The first kappa shape index (κ1) is 12.0. The van der Waals surface area contributed by atoms with Crippen LogP contribution in [0.4, 0.5) is 4.39 Å². The SMILES string of the molecule is COc1c(F)cccc1CC(C)(C)CO. The maximum atomic E-state index is 13.3. The third-order valence-electron chi connectivity index (χ3n) is 2.35. The van der Waals surface area contributed by atoms with Gasteiger partial charge in [0.2, 0.25) is 0 Å². The summed E-state index contributed by atoms with van der Waals surface area (Å²) in [6, 6.07) is 4.84. The summed E-state index contributed by atoms with van der Waals surface area (Å²) in [5.74, 6) is -0.0808. The molecule has 0 unspecified atom stereocenters. The molecule has 0 radical (unpaired) electrons. The van der Waals surface area contributed by atoms with Crippen LogP contribution in [0, 0.1) is 11.2 Å². The molecule has 0 saturated carbocycles. The van der Waals surface area contributed by atoms with Gasteiger partial charge in [0, 0.05) is 6.61 Å². The van der Waals surface area contributed by atoms with Crippen LogP contribution in [0.3, 0.4) is 0 Å². The average Bonchev–Trinajstić information content (AvgIpc) is 2.18. The molecule has 0 spiro atoms. The molecule has 3 heteroatoms. The number of halogens is 1. The fourth-order valence-corrected chi connectivity index (χ4v) is 1.49. The number of para-hydroxylation sites is 1. The van der Waals surface area contributed by atoms with Crippen LogP contribution < -0.4 is 4.74 Å². The number of ether oxygens (including phenoxy) is 1. The summed E-state index contributed by atoms with van der Waals surface area (Å²) >= 11 is 0. The van der Waals surface area contributed by atoms with E-state index >= 15 is 0 Å². The van der Waals surface area contributed by atoms with Gasteiger partial charge in [-0.05, 0) is 23.5 Å². The molecule has 0 aliphatic heterocycles. The van der Waals surface area contributed by atoms with E-state index < -0.39 is 0 Å². The maximum Gasteiger partial charge on any atom is 0.165 e. The highest BCUT2D eigenvalue weighted by molar-refractivity contribution is 5.35. The number of methoxy groups -OCH3 is 1. The second-order valence-electron chi connectivity index (χ2n) is 4.43. The van der Waals surface area contributed by atoms with Crippen molar-refractivity contribution in [2.75, 3.05) is 13.7 Å². The van der Waals surface area contributed by atoms with Crippen molar-refractivity contribution in [3.63, 3.8) is 0 Å². The molecule has 0 bridgehead atoms. The first-order chi connectivity index (χ1) is 7.00. The van der Waals surface area contributed by atoms with Gasteiger partial charge in [-0.3, -0.25) is 0 Å². The Hall–Kier alpha value is -1.09. The molecule has 0 aromatic heterocycles. The molecule has 1 aromatic rings. The number of aliphatic hydroxyl groups excluding tert-OH is 1. The fraction of sp³-hybridized carbons (Fsp3) is 0.500. The van der Waals surface area contributed by atoms with Crippen LogP contribution in [0.2, 0.25) is 0 Å². The van der Waals surface area contributed by atoms with E-state index in [2.05, 4.69) is 0 Å². The summed E-state index contributed by atoms with van der Waals surface area (Å²) in [5, 5.41) is 9.15. The van der Waals surface area contributed by atoms with Crippen molar-refractivity contribution >= 4 is 0 Å². The Bertz CT molecular complexity index is 334. The molecule has 2 nitrogen and oxygen atoms in total. The molecule has 1 aromatic carbocycles. The largest absolute Gasteiger partial charge is 0.493 e. The highest BCUT2D eigenvalue weighted by Gasteiger charge is 2.20. The van der Waals surface area contributed by atoms with E-state index in [0.29, 0.717) is 6.42 Å². The van der Waals surface area contributed by atoms with Gasteiger partial charge in [0.1, 0.15) is 0 Å². The summed E-state index contributed by atoms with van der Waals surface area (Å²) in [4.78, 5) is 0. The fourth-order valence-electron chi connectivity index (χ4n) is 1.49. The van der Waals surface area contributed by atoms with Crippen LogP contribution in [0.15, 0.2) is 18.2 Å².